The number of para-hydroxylation sites is 1. The van der Waals surface area contributed by atoms with E-state index in [1.54, 1.807) is 0 Å². The molecule has 2 aromatic carbocycles. The maximum atomic E-state index is 14.1. The average molecular weight is 413 g/mol. The van der Waals surface area contributed by atoms with Crippen molar-refractivity contribution >= 4 is 17.4 Å². The Morgan fingerprint density at radius 2 is 1.73 bits per heavy atom. The van der Waals surface area contributed by atoms with Gasteiger partial charge in [0.2, 0.25) is 0 Å². The number of likely N-dealkylation sites (N-methyl/N-ethyl adjacent to an activating group) is 1. The fourth-order valence-corrected chi connectivity index (χ4v) is 4.01. The zero-order valence-corrected chi connectivity index (χ0v) is 18.4. The number of halogens is 1. The average Bonchev–Trinajstić information content (AvgIpc) is 2.74. The van der Waals surface area contributed by atoms with E-state index in [-0.39, 0.29) is 17.9 Å². The standard InChI is InChI=1S/C24H33FN4O/c1-5-28-12-14-29(15-13-28)23-11-10-19(25)16-21(23)18(4)26-24(30)27-22-9-7-6-8-20(22)17(2)3/h6-11,16-18H,5,12-15H2,1-4H3,(H2,26,27,30). The van der Waals surface area contributed by atoms with Crippen LogP contribution in [0.1, 0.15) is 50.8 Å². The number of amides is 2. The highest BCUT2D eigenvalue weighted by atomic mass is 19.1. The van der Waals surface area contributed by atoms with Crippen molar-refractivity contribution in [2.75, 3.05) is 42.9 Å². The minimum Gasteiger partial charge on any atom is -0.369 e. The molecule has 2 aromatic rings. The number of hydrogen-bond acceptors (Lipinski definition) is 3. The highest BCUT2D eigenvalue weighted by Crippen LogP contribution is 2.29. The molecule has 0 saturated carbocycles. The summed E-state index contributed by atoms with van der Waals surface area (Å²) in [7, 11) is 0. The van der Waals surface area contributed by atoms with E-state index in [1.807, 2.05) is 37.3 Å². The van der Waals surface area contributed by atoms with E-state index in [2.05, 4.69) is 41.2 Å². The molecule has 1 heterocycles. The second kappa shape index (κ2) is 9.94. The highest BCUT2D eigenvalue weighted by Gasteiger charge is 2.22. The molecule has 2 N–H and O–H groups in total. The molecule has 2 amide bonds. The molecule has 5 nitrogen and oxygen atoms in total. The number of piperazine rings is 1. The number of anilines is 2. The molecule has 0 bridgehead atoms. The molecule has 1 aliphatic rings. The molecule has 1 aliphatic heterocycles. The van der Waals surface area contributed by atoms with Crippen LogP contribution < -0.4 is 15.5 Å². The van der Waals surface area contributed by atoms with Gasteiger partial charge in [0.1, 0.15) is 5.82 Å². The number of urea groups is 1. The van der Waals surface area contributed by atoms with Gasteiger partial charge in [-0.05, 0) is 49.2 Å². The van der Waals surface area contributed by atoms with Crippen LogP contribution in [0, 0.1) is 5.82 Å². The summed E-state index contributed by atoms with van der Waals surface area (Å²) in [6.45, 7) is 13.1. The van der Waals surface area contributed by atoms with Gasteiger partial charge in [-0.2, -0.15) is 0 Å². The third-order valence-corrected chi connectivity index (χ3v) is 5.79. The van der Waals surface area contributed by atoms with Gasteiger partial charge in [-0.15, -0.1) is 0 Å². The molecule has 0 aliphatic carbocycles. The molecule has 1 saturated heterocycles. The van der Waals surface area contributed by atoms with Gasteiger partial charge in [0.25, 0.3) is 0 Å². The third-order valence-electron chi connectivity index (χ3n) is 5.79. The highest BCUT2D eigenvalue weighted by molar-refractivity contribution is 5.90. The lowest BCUT2D eigenvalue weighted by atomic mass is 10.0. The van der Waals surface area contributed by atoms with Gasteiger partial charge in [0.15, 0.2) is 0 Å². The zero-order chi connectivity index (χ0) is 21.7. The fraction of sp³-hybridized carbons (Fsp3) is 0.458. The number of nitrogens with zero attached hydrogens (tertiary/aromatic N) is 2. The molecule has 1 unspecified atom stereocenters. The summed E-state index contributed by atoms with van der Waals surface area (Å²) in [5, 5.41) is 5.94. The molecule has 30 heavy (non-hydrogen) atoms. The van der Waals surface area contributed by atoms with Gasteiger partial charge in [-0.1, -0.05) is 39.0 Å². The SMILES string of the molecule is CCN1CCN(c2ccc(F)cc2C(C)NC(=O)Nc2ccccc2C(C)C)CC1. The summed E-state index contributed by atoms with van der Waals surface area (Å²) in [6, 6.07) is 12.0. The Kier molecular flexibility index (Phi) is 7.32. The predicted octanol–water partition coefficient (Wildman–Crippen LogP) is 4.97. The summed E-state index contributed by atoms with van der Waals surface area (Å²) in [4.78, 5) is 17.4. The van der Waals surface area contributed by atoms with Gasteiger partial charge in [0, 0.05) is 43.1 Å². The Bertz CT molecular complexity index is 862. The Labute approximate surface area is 179 Å². The fourth-order valence-electron chi connectivity index (χ4n) is 4.01. The number of carbonyl (C=O) groups is 1. The lowest BCUT2D eigenvalue weighted by Crippen LogP contribution is -2.46. The van der Waals surface area contributed by atoms with Crippen LogP contribution in [-0.4, -0.2) is 43.7 Å². The van der Waals surface area contributed by atoms with E-state index in [1.165, 1.54) is 12.1 Å². The smallest absolute Gasteiger partial charge is 0.319 e. The van der Waals surface area contributed by atoms with Crippen LogP contribution in [-0.2, 0) is 0 Å². The van der Waals surface area contributed by atoms with Crippen molar-refractivity contribution in [1.29, 1.82) is 0 Å². The topological polar surface area (TPSA) is 47.6 Å². The van der Waals surface area contributed by atoms with E-state index in [9.17, 15) is 9.18 Å². The van der Waals surface area contributed by atoms with Crippen molar-refractivity contribution in [3.63, 3.8) is 0 Å². The zero-order valence-electron chi connectivity index (χ0n) is 18.4. The summed E-state index contributed by atoms with van der Waals surface area (Å²) >= 11 is 0. The van der Waals surface area contributed by atoms with Crippen molar-refractivity contribution in [3.05, 3.63) is 59.4 Å². The number of nitrogens with one attached hydrogen (secondary N) is 2. The van der Waals surface area contributed by atoms with Crippen LogP contribution in [0.25, 0.3) is 0 Å². The van der Waals surface area contributed by atoms with Crippen LogP contribution in [0.2, 0.25) is 0 Å². The van der Waals surface area contributed by atoms with Crippen LogP contribution in [0.3, 0.4) is 0 Å². The Balaban J connectivity index is 1.73. The van der Waals surface area contributed by atoms with E-state index < -0.39 is 0 Å². The Morgan fingerprint density at radius 3 is 2.40 bits per heavy atom. The number of benzene rings is 2. The molecule has 0 aromatic heterocycles. The molecule has 1 fully saturated rings. The van der Waals surface area contributed by atoms with E-state index in [0.717, 1.165) is 55.2 Å². The summed E-state index contributed by atoms with van der Waals surface area (Å²) in [6.07, 6.45) is 0. The van der Waals surface area contributed by atoms with E-state index >= 15 is 0 Å². The van der Waals surface area contributed by atoms with Gasteiger partial charge in [-0.3, -0.25) is 0 Å². The van der Waals surface area contributed by atoms with E-state index in [0.29, 0.717) is 5.92 Å². The molecule has 6 heteroatoms. The number of rotatable bonds is 6. The molecule has 3 rings (SSSR count). The first-order valence-electron chi connectivity index (χ1n) is 10.8. The maximum Gasteiger partial charge on any atom is 0.319 e. The van der Waals surface area contributed by atoms with Gasteiger partial charge in [0.05, 0.1) is 6.04 Å². The number of hydrogen-bond donors (Lipinski definition) is 2. The maximum absolute atomic E-state index is 14.1. The summed E-state index contributed by atoms with van der Waals surface area (Å²) in [5.74, 6) is 0.00990. The minimum absolute atomic E-state index is 0.290. The molecule has 162 valence electrons. The lowest BCUT2D eigenvalue weighted by Gasteiger charge is -2.37. The van der Waals surface area contributed by atoms with Crippen LogP contribution in [0.4, 0.5) is 20.6 Å². The van der Waals surface area contributed by atoms with Crippen molar-refractivity contribution in [1.82, 2.24) is 10.2 Å². The number of carbonyl (C=O) groups excluding carboxylic acids is 1. The van der Waals surface area contributed by atoms with Crippen molar-refractivity contribution < 1.29 is 9.18 Å². The molecular formula is C24H33FN4O. The van der Waals surface area contributed by atoms with Crippen LogP contribution >= 0.6 is 0 Å². The van der Waals surface area contributed by atoms with Gasteiger partial charge >= 0.3 is 6.03 Å². The first-order valence-corrected chi connectivity index (χ1v) is 10.8. The molecular weight excluding hydrogens is 379 g/mol. The predicted molar refractivity (Wildman–Crippen MR) is 122 cm³/mol. The van der Waals surface area contributed by atoms with Crippen LogP contribution in [0.5, 0.6) is 0 Å². The van der Waals surface area contributed by atoms with Crippen molar-refractivity contribution in [2.45, 2.75) is 39.7 Å². The van der Waals surface area contributed by atoms with E-state index in [4.69, 9.17) is 0 Å². The second-order valence-corrected chi connectivity index (χ2v) is 8.19. The quantitative estimate of drug-likeness (QED) is 0.704. The molecule has 1 atom stereocenters. The van der Waals surface area contributed by atoms with Gasteiger partial charge < -0.3 is 20.4 Å². The summed E-state index contributed by atoms with van der Waals surface area (Å²) < 4.78 is 14.1. The van der Waals surface area contributed by atoms with Crippen molar-refractivity contribution in [2.24, 2.45) is 0 Å². The largest absolute Gasteiger partial charge is 0.369 e. The molecule has 0 spiro atoms. The Morgan fingerprint density at radius 1 is 1.03 bits per heavy atom. The Hall–Kier alpha value is -2.60. The lowest BCUT2D eigenvalue weighted by molar-refractivity contribution is 0.249. The first-order chi connectivity index (χ1) is 14.4. The molecule has 0 radical (unpaired) electrons. The third kappa shape index (κ3) is 5.30. The monoisotopic (exact) mass is 412 g/mol. The first kappa shape index (κ1) is 22.1. The van der Waals surface area contributed by atoms with Gasteiger partial charge in [-0.25, -0.2) is 9.18 Å². The van der Waals surface area contributed by atoms with Crippen molar-refractivity contribution in [3.8, 4) is 0 Å². The minimum atomic E-state index is -0.328. The summed E-state index contributed by atoms with van der Waals surface area (Å²) in [5.41, 5.74) is 3.67. The second-order valence-electron chi connectivity index (χ2n) is 8.19. The van der Waals surface area contributed by atoms with Crippen LogP contribution in [0.15, 0.2) is 42.5 Å². The normalized spacial score (nSPS) is 15.9.